The smallest absolute Gasteiger partial charge is 0.389 e. The topological polar surface area (TPSA) is 71.4 Å². The Labute approximate surface area is 221 Å². The van der Waals surface area contributed by atoms with Gasteiger partial charge in [0.1, 0.15) is 6.10 Å². The van der Waals surface area contributed by atoms with Gasteiger partial charge in [0.25, 0.3) is 0 Å². The van der Waals surface area contributed by atoms with Gasteiger partial charge in [-0.25, -0.2) is 0 Å². The Morgan fingerprint density at radius 2 is 1.58 bits per heavy atom. The summed E-state index contributed by atoms with van der Waals surface area (Å²) < 4.78 is 58.3. The Bertz CT molecular complexity index is 1130. The van der Waals surface area contributed by atoms with Crippen molar-refractivity contribution in [3.05, 3.63) is 57.8 Å². The molecule has 0 aromatic heterocycles. The van der Waals surface area contributed by atoms with Crippen LogP contribution in [0.25, 0.3) is 0 Å². The van der Waals surface area contributed by atoms with Crippen LogP contribution in [0.3, 0.4) is 0 Å². The molecular weight excluding hydrogens is 499 g/mol. The van der Waals surface area contributed by atoms with Crippen LogP contribution in [-0.2, 0) is 20.4 Å². The average Bonchev–Trinajstić information content (AvgIpc) is 3.17. The second-order valence-electron chi connectivity index (χ2n) is 12.2. The number of halogens is 3. The number of alkyl halides is 3. The van der Waals surface area contributed by atoms with E-state index in [1.807, 2.05) is 0 Å². The van der Waals surface area contributed by atoms with Crippen molar-refractivity contribution >= 4 is 0 Å². The van der Waals surface area contributed by atoms with Gasteiger partial charge in [0, 0.05) is 50.8 Å². The van der Waals surface area contributed by atoms with Crippen molar-refractivity contribution < 1.29 is 37.7 Å². The summed E-state index contributed by atoms with van der Waals surface area (Å²) in [5.74, 6) is 0.0121. The third kappa shape index (κ3) is 4.31. The van der Waals surface area contributed by atoms with Gasteiger partial charge in [0.15, 0.2) is 0 Å². The average molecular weight is 536 g/mol. The molecule has 4 aliphatic heterocycles. The van der Waals surface area contributed by atoms with E-state index < -0.39 is 29.5 Å². The molecule has 1 aromatic rings. The van der Waals surface area contributed by atoms with Crippen LogP contribution in [0.15, 0.2) is 46.7 Å². The minimum absolute atomic E-state index is 0.0121. The highest BCUT2D eigenvalue weighted by atomic mass is 19.4. The van der Waals surface area contributed by atoms with E-state index in [-0.39, 0.29) is 17.4 Å². The standard InChI is InChI=1S/C29H36F3NO5/c1-27(2)15-20-22(21(34)16-27)24-23(25(33(20)35)17-7-11-36-12-8-17)26(38-28(24)9-13-37-14-10-28)18-3-5-19(6-4-18)29(30,31)32/h3-6,17,20-21,26,34-35H,7-16H2,1-2H3/t20?,21?,26-/m1/s1. The molecule has 9 heteroatoms. The molecule has 1 aliphatic carbocycles. The number of rotatable bonds is 2. The molecular formula is C29H36F3NO5. The van der Waals surface area contributed by atoms with Crippen molar-refractivity contribution in [3.8, 4) is 0 Å². The number of hydrogen-bond donors (Lipinski definition) is 2. The monoisotopic (exact) mass is 535 g/mol. The zero-order valence-electron chi connectivity index (χ0n) is 21.9. The third-order valence-electron chi connectivity index (χ3n) is 9.10. The van der Waals surface area contributed by atoms with Crippen molar-refractivity contribution in [2.75, 3.05) is 26.4 Å². The minimum Gasteiger partial charge on any atom is -0.389 e. The molecule has 0 radical (unpaired) electrons. The first-order valence-corrected chi connectivity index (χ1v) is 13.7. The summed E-state index contributed by atoms with van der Waals surface area (Å²) in [6.07, 6.45) is -1.98. The fraction of sp³-hybridized carbons (Fsp3) is 0.655. The lowest BCUT2D eigenvalue weighted by atomic mass is 9.64. The SMILES string of the molecule is CC1(C)CC(O)C2=C3C(=C(C4CCOCC4)N(O)C2C1)[C@@H](c1ccc(C(F)(F)F)cc1)OC31CCOCC1. The van der Waals surface area contributed by atoms with Gasteiger partial charge < -0.3 is 19.3 Å². The number of nitrogens with zero attached hydrogens (tertiary/aromatic N) is 1. The van der Waals surface area contributed by atoms with Gasteiger partial charge in [-0.15, -0.1) is 0 Å². The van der Waals surface area contributed by atoms with E-state index in [0.29, 0.717) is 57.7 Å². The minimum atomic E-state index is -4.43. The van der Waals surface area contributed by atoms with Gasteiger partial charge in [-0.2, -0.15) is 13.2 Å². The number of hydrogen-bond acceptors (Lipinski definition) is 6. The normalized spacial score (nSPS) is 31.6. The van der Waals surface area contributed by atoms with Gasteiger partial charge >= 0.3 is 6.18 Å². The first-order chi connectivity index (χ1) is 18.0. The molecule has 1 saturated carbocycles. The number of aliphatic hydroxyl groups is 1. The Morgan fingerprint density at radius 1 is 0.947 bits per heavy atom. The second-order valence-corrected chi connectivity index (χ2v) is 12.2. The molecule has 6 nitrogen and oxygen atoms in total. The lowest BCUT2D eigenvalue weighted by Gasteiger charge is -2.50. The number of allylic oxidation sites excluding steroid dienone is 1. The van der Waals surface area contributed by atoms with E-state index in [1.54, 1.807) is 0 Å². The molecule has 3 atom stereocenters. The Hall–Kier alpha value is -1.91. The zero-order chi connectivity index (χ0) is 26.9. The van der Waals surface area contributed by atoms with Gasteiger partial charge in [0.05, 0.1) is 29.0 Å². The summed E-state index contributed by atoms with van der Waals surface area (Å²) >= 11 is 0. The molecule has 6 rings (SSSR count). The van der Waals surface area contributed by atoms with Crippen molar-refractivity contribution in [3.63, 3.8) is 0 Å². The molecule has 4 heterocycles. The predicted molar refractivity (Wildman–Crippen MR) is 132 cm³/mol. The number of aliphatic hydroxyl groups excluding tert-OH is 1. The molecule has 0 bridgehead atoms. The highest BCUT2D eigenvalue weighted by Gasteiger charge is 2.58. The maximum atomic E-state index is 13.4. The summed E-state index contributed by atoms with van der Waals surface area (Å²) in [6.45, 7) is 6.35. The van der Waals surface area contributed by atoms with Crippen molar-refractivity contribution in [2.45, 2.75) is 82.4 Å². The molecule has 208 valence electrons. The lowest BCUT2D eigenvalue weighted by Crippen LogP contribution is -2.52. The first-order valence-electron chi connectivity index (χ1n) is 13.7. The Morgan fingerprint density at radius 3 is 2.21 bits per heavy atom. The molecule has 4 fully saturated rings. The molecule has 5 aliphatic rings. The second kappa shape index (κ2) is 9.34. The Kier molecular flexibility index (Phi) is 6.47. The van der Waals surface area contributed by atoms with E-state index in [9.17, 15) is 23.5 Å². The van der Waals surface area contributed by atoms with Crippen molar-refractivity contribution in [1.82, 2.24) is 5.06 Å². The van der Waals surface area contributed by atoms with Crippen LogP contribution in [0.2, 0.25) is 0 Å². The molecule has 0 amide bonds. The van der Waals surface area contributed by atoms with E-state index in [0.717, 1.165) is 47.4 Å². The van der Waals surface area contributed by atoms with Crippen LogP contribution in [0.4, 0.5) is 13.2 Å². The fourth-order valence-corrected chi connectivity index (χ4v) is 7.34. The number of ether oxygens (including phenoxy) is 3. The third-order valence-corrected chi connectivity index (χ3v) is 9.10. The highest BCUT2D eigenvalue weighted by molar-refractivity contribution is 5.58. The number of benzene rings is 1. The van der Waals surface area contributed by atoms with Gasteiger partial charge in [-0.1, -0.05) is 26.0 Å². The summed E-state index contributed by atoms with van der Waals surface area (Å²) in [7, 11) is 0. The lowest BCUT2D eigenvalue weighted by molar-refractivity contribution is -0.137. The molecule has 38 heavy (non-hydrogen) atoms. The van der Waals surface area contributed by atoms with E-state index in [2.05, 4.69) is 13.8 Å². The molecule has 2 N–H and O–H groups in total. The number of hydroxylamine groups is 2. The van der Waals surface area contributed by atoms with Crippen molar-refractivity contribution in [2.24, 2.45) is 11.3 Å². The zero-order valence-corrected chi connectivity index (χ0v) is 21.9. The van der Waals surface area contributed by atoms with E-state index in [1.165, 1.54) is 17.2 Å². The number of fused-ring (bicyclic) bond motifs is 3. The van der Waals surface area contributed by atoms with Gasteiger partial charge in [0.2, 0.25) is 0 Å². The van der Waals surface area contributed by atoms with Gasteiger partial charge in [-0.05, 0) is 59.9 Å². The van der Waals surface area contributed by atoms with Crippen LogP contribution < -0.4 is 0 Å². The fourth-order valence-electron chi connectivity index (χ4n) is 7.34. The van der Waals surface area contributed by atoms with E-state index in [4.69, 9.17) is 14.2 Å². The van der Waals surface area contributed by atoms with Crippen LogP contribution in [0.5, 0.6) is 0 Å². The summed E-state index contributed by atoms with van der Waals surface area (Å²) in [5, 5.41) is 24.8. The van der Waals surface area contributed by atoms with Crippen LogP contribution in [-0.4, -0.2) is 59.6 Å². The maximum Gasteiger partial charge on any atom is 0.416 e. The van der Waals surface area contributed by atoms with Crippen LogP contribution >= 0.6 is 0 Å². The summed E-state index contributed by atoms with van der Waals surface area (Å²) in [6, 6.07) is 4.76. The largest absolute Gasteiger partial charge is 0.416 e. The van der Waals surface area contributed by atoms with Crippen LogP contribution in [0, 0.1) is 11.3 Å². The van der Waals surface area contributed by atoms with Gasteiger partial charge in [-0.3, -0.25) is 10.3 Å². The first kappa shape index (κ1) is 26.3. The van der Waals surface area contributed by atoms with E-state index >= 15 is 0 Å². The maximum absolute atomic E-state index is 13.4. The summed E-state index contributed by atoms with van der Waals surface area (Å²) in [5.41, 5.74) is 2.32. The molecule has 1 aromatic carbocycles. The molecule has 2 unspecified atom stereocenters. The highest BCUT2D eigenvalue weighted by Crippen LogP contribution is 2.60. The Balaban J connectivity index is 1.57. The quantitative estimate of drug-likeness (QED) is 0.517. The van der Waals surface area contributed by atoms with Crippen molar-refractivity contribution in [1.29, 1.82) is 0 Å². The summed E-state index contributed by atoms with van der Waals surface area (Å²) in [4.78, 5) is 0. The van der Waals surface area contributed by atoms with Crippen LogP contribution in [0.1, 0.15) is 69.6 Å². The predicted octanol–water partition coefficient (Wildman–Crippen LogP) is 5.56. The molecule has 3 saturated heterocycles. The molecule has 1 spiro atoms.